The minimum Gasteiger partial charge on any atom is -0.406 e. The number of carbonyl (C=O) groups excluding carboxylic acids is 3. The fourth-order valence-corrected chi connectivity index (χ4v) is 2.66. The monoisotopic (exact) mass is 378 g/mol. The van der Waals surface area contributed by atoms with E-state index in [0.717, 1.165) is 22.6 Å². The van der Waals surface area contributed by atoms with Crippen LogP contribution < -0.4 is 10.1 Å². The summed E-state index contributed by atoms with van der Waals surface area (Å²) in [6.45, 7) is 1.21. The maximum atomic E-state index is 12.3. The number of alkyl halides is 3. The largest absolute Gasteiger partial charge is 0.573 e. The van der Waals surface area contributed by atoms with Gasteiger partial charge < -0.3 is 10.1 Å². The fourth-order valence-electron chi connectivity index (χ4n) is 2.66. The molecule has 1 aliphatic heterocycles. The van der Waals surface area contributed by atoms with Crippen LogP contribution in [0, 0.1) is 6.92 Å². The first-order valence-electron chi connectivity index (χ1n) is 7.76. The van der Waals surface area contributed by atoms with Crippen molar-refractivity contribution in [2.24, 2.45) is 0 Å². The van der Waals surface area contributed by atoms with Crippen molar-refractivity contribution in [2.45, 2.75) is 13.3 Å². The third-order valence-corrected chi connectivity index (χ3v) is 3.78. The Hall–Kier alpha value is -3.36. The van der Waals surface area contributed by atoms with Gasteiger partial charge in [-0.1, -0.05) is 17.7 Å². The highest BCUT2D eigenvalue weighted by Gasteiger charge is 2.36. The van der Waals surface area contributed by atoms with Gasteiger partial charge in [-0.3, -0.25) is 19.3 Å². The SMILES string of the molecule is Cc1ccc2c(c1)C(=O)N(CC(=O)Nc1cccc(OC(F)(F)F)c1)C2=O. The van der Waals surface area contributed by atoms with Gasteiger partial charge in [0.15, 0.2) is 0 Å². The van der Waals surface area contributed by atoms with E-state index in [1.807, 2.05) is 0 Å². The minimum atomic E-state index is -4.86. The van der Waals surface area contributed by atoms with E-state index in [1.165, 1.54) is 18.2 Å². The zero-order valence-corrected chi connectivity index (χ0v) is 14.0. The van der Waals surface area contributed by atoms with Crippen molar-refractivity contribution in [1.29, 1.82) is 0 Å². The zero-order chi connectivity index (χ0) is 19.8. The van der Waals surface area contributed by atoms with Gasteiger partial charge in [-0.2, -0.15) is 0 Å². The van der Waals surface area contributed by atoms with Gasteiger partial charge in [0.25, 0.3) is 11.8 Å². The number of benzene rings is 2. The quantitative estimate of drug-likeness (QED) is 0.830. The first-order valence-corrected chi connectivity index (χ1v) is 7.76. The molecule has 140 valence electrons. The molecule has 0 spiro atoms. The predicted octanol–water partition coefficient (Wildman–Crippen LogP) is 3.13. The Kier molecular flexibility index (Phi) is 4.61. The average Bonchev–Trinajstić information content (AvgIpc) is 2.78. The average molecular weight is 378 g/mol. The first kappa shape index (κ1) is 18.4. The smallest absolute Gasteiger partial charge is 0.406 e. The summed E-state index contributed by atoms with van der Waals surface area (Å²) in [6.07, 6.45) is -4.86. The molecule has 1 aliphatic rings. The molecule has 0 saturated heterocycles. The summed E-state index contributed by atoms with van der Waals surface area (Å²) in [5.41, 5.74) is 1.25. The molecule has 3 amide bonds. The molecule has 0 aromatic heterocycles. The van der Waals surface area contributed by atoms with E-state index in [-0.39, 0.29) is 16.8 Å². The number of nitrogens with zero attached hydrogens (tertiary/aromatic N) is 1. The number of carbonyl (C=O) groups is 3. The number of hydrogen-bond acceptors (Lipinski definition) is 4. The van der Waals surface area contributed by atoms with Crippen molar-refractivity contribution in [3.05, 3.63) is 59.2 Å². The molecule has 27 heavy (non-hydrogen) atoms. The number of halogens is 3. The number of fused-ring (bicyclic) bond motifs is 1. The summed E-state index contributed by atoms with van der Waals surface area (Å²) in [5, 5.41) is 2.34. The van der Waals surface area contributed by atoms with Gasteiger partial charge in [-0.15, -0.1) is 13.2 Å². The molecule has 0 fully saturated rings. The normalized spacial score (nSPS) is 13.6. The zero-order valence-electron chi connectivity index (χ0n) is 14.0. The lowest BCUT2D eigenvalue weighted by Crippen LogP contribution is -2.37. The van der Waals surface area contributed by atoms with Crippen LogP contribution in [0.5, 0.6) is 5.75 Å². The molecule has 0 radical (unpaired) electrons. The van der Waals surface area contributed by atoms with Crippen molar-refractivity contribution < 1.29 is 32.3 Å². The van der Waals surface area contributed by atoms with E-state index in [0.29, 0.717) is 0 Å². The van der Waals surface area contributed by atoms with Gasteiger partial charge in [0.05, 0.1) is 11.1 Å². The molecule has 2 aromatic rings. The number of aryl methyl sites for hydroxylation is 1. The topological polar surface area (TPSA) is 75.7 Å². The van der Waals surface area contributed by atoms with Crippen LogP contribution in [-0.4, -0.2) is 35.5 Å². The Labute approximate surface area is 151 Å². The fraction of sp³-hybridized carbons (Fsp3) is 0.167. The van der Waals surface area contributed by atoms with Gasteiger partial charge in [0, 0.05) is 11.8 Å². The van der Waals surface area contributed by atoms with E-state index < -0.39 is 36.4 Å². The molecule has 0 atom stereocenters. The molecule has 0 saturated carbocycles. The summed E-state index contributed by atoms with van der Waals surface area (Å²) in [6, 6.07) is 9.44. The summed E-state index contributed by atoms with van der Waals surface area (Å²) in [5.74, 6) is -2.43. The van der Waals surface area contributed by atoms with Crippen LogP contribution in [0.15, 0.2) is 42.5 Å². The molecular weight excluding hydrogens is 365 g/mol. The molecule has 0 aliphatic carbocycles. The minimum absolute atomic E-state index is 0.0363. The summed E-state index contributed by atoms with van der Waals surface area (Å²) < 4.78 is 40.6. The maximum absolute atomic E-state index is 12.3. The van der Waals surface area contributed by atoms with Crippen molar-refractivity contribution in [2.75, 3.05) is 11.9 Å². The van der Waals surface area contributed by atoms with Crippen molar-refractivity contribution >= 4 is 23.4 Å². The van der Waals surface area contributed by atoms with Crippen LogP contribution in [0.2, 0.25) is 0 Å². The van der Waals surface area contributed by atoms with Gasteiger partial charge >= 0.3 is 6.36 Å². The molecule has 2 aromatic carbocycles. The molecule has 6 nitrogen and oxygen atoms in total. The number of nitrogens with one attached hydrogen (secondary N) is 1. The van der Waals surface area contributed by atoms with Crippen LogP contribution >= 0.6 is 0 Å². The highest BCUT2D eigenvalue weighted by atomic mass is 19.4. The van der Waals surface area contributed by atoms with Crippen molar-refractivity contribution in [3.63, 3.8) is 0 Å². The molecule has 3 rings (SSSR count). The van der Waals surface area contributed by atoms with E-state index in [9.17, 15) is 27.6 Å². The van der Waals surface area contributed by atoms with Gasteiger partial charge in [0.1, 0.15) is 12.3 Å². The van der Waals surface area contributed by atoms with E-state index >= 15 is 0 Å². The summed E-state index contributed by atoms with van der Waals surface area (Å²) in [4.78, 5) is 37.6. The van der Waals surface area contributed by atoms with Crippen molar-refractivity contribution in [3.8, 4) is 5.75 Å². The Morgan fingerprint density at radius 1 is 1.07 bits per heavy atom. The number of ether oxygens (including phenoxy) is 1. The second-order valence-corrected chi connectivity index (χ2v) is 5.87. The highest BCUT2D eigenvalue weighted by molar-refractivity contribution is 6.22. The highest BCUT2D eigenvalue weighted by Crippen LogP contribution is 2.26. The van der Waals surface area contributed by atoms with E-state index in [4.69, 9.17) is 0 Å². The van der Waals surface area contributed by atoms with Crippen LogP contribution in [0.25, 0.3) is 0 Å². The Balaban J connectivity index is 1.69. The Morgan fingerprint density at radius 3 is 2.48 bits per heavy atom. The maximum Gasteiger partial charge on any atom is 0.573 e. The third-order valence-electron chi connectivity index (χ3n) is 3.78. The summed E-state index contributed by atoms with van der Waals surface area (Å²) in [7, 11) is 0. The third kappa shape index (κ3) is 4.08. The summed E-state index contributed by atoms with van der Waals surface area (Å²) >= 11 is 0. The second-order valence-electron chi connectivity index (χ2n) is 5.87. The molecule has 1 N–H and O–H groups in total. The molecule has 9 heteroatoms. The van der Waals surface area contributed by atoms with Crippen LogP contribution in [-0.2, 0) is 4.79 Å². The Bertz CT molecular complexity index is 940. The molecule has 0 bridgehead atoms. The second kappa shape index (κ2) is 6.75. The number of amides is 3. The van der Waals surface area contributed by atoms with E-state index in [2.05, 4.69) is 10.1 Å². The lowest BCUT2D eigenvalue weighted by Gasteiger charge is -2.14. The molecule has 1 heterocycles. The molecule has 0 unspecified atom stereocenters. The van der Waals surface area contributed by atoms with E-state index in [1.54, 1.807) is 19.1 Å². The van der Waals surface area contributed by atoms with Gasteiger partial charge in [-0.05, 0) is 31.2 Å². The number of anilines is 1. The van der Waals surface area contributed by atoms with Crippen LogP contribution in [0.4, 0.5) is 18.9 Å². The van der Waals surface area contributed by atoms with Crippen LogP contribution in [0.1, 0.15) is 26.3 Å². The lowest BCUT2D eigenvalue weighted by molar-refractivity contribution is -0.274. The predicted molar refractivity (Wildman–Crippen MR) is 88.3 cm³/mol. The Morgan fingerprint density at radius 2 is 1.78 bits per heavy atom. The van der Waals surface area contributed by atoms with Gasteiger partial charge in [-0.25, -0.2) is 0 Å². The van der Waals surface area contributed by atoms with Crippen LogP contribution in [0.3, 0.4) is 0 Å². The first-order chi connectivity index (χ1) is 12.6. The van der Waals surface area contributed by atoms with Crippen molar-refractivity contribution in [1.82, 2.24) is 4.90 Å². The lowest BCUT2D eigenvalue weighted by atomic mass is 10.1. The number of rotatable bonds is 4. The standard InChI is InChI=1S/C18H13F3N2O4/c1-10-5-6-13-14(7-10)17(26)23(16(13)25)9-15(24)22-11-3-2-4-12(8-11)27-18(19,20)21/h2-8H,9H2,1H3,(H,22,24). The number of hydrogen-bond donors (Lipinski definition) is 1. The van der Waals surface area contributed by atoms with Gasteiger partial charge in [0.2, 0.25) is 5.91 Å². The molecular formula is C18H13F3N2O4. The number of imide groups is 1.